The van der Waals surface area contributed by atoms with E-state index >= 15 is 0 Å². The number of nitrogen functional groups attached to an aromatic ring is 1. The molecule has 1 unspecified atom stereocenters. The molecule has 3 N–H and O–H groups in total. The highest BCUT2D eigenvalue weighted by molar-refractivity contribution is 7.91. The number of ether oxygens (including phenoxy) is 1. The predicted octanol–water partition coefficient (Wildman–Crippen LogP) is 1.91. The molecule has 1 amide bonds. The van der Waals surface area contributed by atoms with Gasteiger partial charge < -0.3 is 15.8 Å². The fourth-order valence-corrected chi connectivity index (χ4v) is 3.00. The molecule has 0 bridgehead atoms. The van der Waals surface area contributed by atoms with E-state index in [1.165, 1.54) is 19.2 Å². The summed E-state index contributed by atoms with van der Waals surface area (Å²) in [6, 6.07) is 2.32. The van der Waals surface area contributed by atoms with Gasteiger partial charge in [-0.2, -0.15) is 0 Å². The molecule has 0 radical (unpaired) electrons. The van der Waals surface area contributed by atoms with Gasteiger partial charge >= 0.3 is 0 Å². The van der Waals surface area contributed by atoms with E-state index in [-0.39, 0.29) is 40.2 Å². The number of sulfone groups is 1. The van der Waals surface area contributed by atoms with E-state index in [1.54, 1.807) is 13.8 Å². The van der Waals surface area contributed by atoms with E-state index in [2.05, 4.69) is 5.32 Å². The van der Waals surface area contributed by atoms with Gasteiger partial charge in [-0.15, -0.1) is 12.4 Å². The Kier molecular flexibility index (Phi) is 8.00. The van der Waals surface area contributed by atoms with Crippen molar-refractivity contribution in [2.24, 2.45) is 0 Å². The van der Waals surface area contributed by atoms with E-state index in [9.17, 15) is 13.2 Å². The zero-order valence-electron chi connectivity index (χ0n) is 12.6. The third kappa shape index (κ3) is 5.55. The summed E-state index contributed by atoms with van der Waals surface area (Å²) in [7, 11) is -1.76. The van der Waals surface area contributed by atoms with Crippen molar-refractivity contribution in [1.29, 1.82) is 0 Å². The van der Waals surface area contributed by atoms with E-state index in [0.29, 0.717) is 5.69 Å². The molecule has 1 aromatic carbocycles. The quantitative estimate of drug-likeness (QED) is 0.745. The number of anilines is 1. The van der Waals surface area contributed by atoms with Gasteiger partial charge in [0.15, 0.2) is 9.84 Å². The maximum Gasteiger partial charge on any atom is 0.255 e. The molecule has 0 saturated carbocycles. The monoisotopic (exact) mass is 370 g/mol. The van der Waals surface area contributed by atoms with Crippen LogP contribution in [0.2, 0.25) is 5.02 Å². The minimum atomic E-state index is -3.17. The lowest BCUT2D eigenvalue weighted by Gasteiger charge is -2.16. The lowest BCUT2D eigenvalue weighted by atomic mass is 10.1. The zero-order chi connectivity index (χ0) is 16.2. The molecular weight excluding hydrogens is 351 g/mol. The van der Waals surface area contributed by atoms with E-state index in [1.807, 2.05) is 0 Å². The maximum atomic E-state index is 12.2. The normalized spacial score (nSPS) is 12.2. The maximum absolute atomic E-state index is 12.2. The number of carbonyl (C=O) groups is 1. The largest absolute Gasteiger partial charge is 0.496 e. The van der Waals surface area contributed by atoms with Crippen molar-refractivity contribution in [1.82, 2.24) is 5.32 Å². The van der Waals surface area contributed by atoms with Crippen LogP contribution in [0.25, 0.3) is 0 Å². The second-order valence-electron chi connectivity index (χ2n) is 4.65. The van der Waals surface area contributed by atoms with Crippen LogP contribution in [-0.2, 0) is 9.84 Å². The molecule has 0 saturated heterocycles. The van der Waals surface area contributed by atoms with Crippen LogP contribution in [0.1, 0.15) is 24.2 Å². The third-order valence-corrected chi connectivity index (χ3v) is 5.10. The van der Waals surface area contributed by atoms with E-state index < -0.39 is 21.8 Å². The Bertz CT molecular complexity index is 635. The fourth-order valence-electron chi connectivity index (χ4n) is 1.76. The molecule has 1 rings (SSSR count). The van der Waals surface area contributed by atoms with Gasteiger partial charge in [-0.3, -0.25) is 4.79 Å². The van der Waals surface area contributed by atoms with Crippen molar-refractivity contribution < 1.29 is 17.9 Å². The van der Waals surface area contributed by atoms with Crippen LogP contribution in [0.15, 0.2) is 12.1 Å². The highest BCUT2D eigenvalue weighted by atomic mass is 35.5. The highest BCUT2D eigenvalue weighted by Gasteiger charge is 2.19. The lowest BCUT2D eigenvalue weighted by Crippen LogP contribution is -2.38. The predicted molar refractivity (Wildman–Crippen MR) is 90.9 cm³/mol. The van der Waals surface area contributed by atoms with Gasteiger partial charge in [0, 0.05) is 17.9 Å². The van der Waals surface area contributed by atoms with Crippen LogP contribution in [-0.4, -0.2) is 39.0 Å². The molecule has 0 aliphatic heterocycles. The first-order valence-corrected chi connectivity index (χ1v) is 8.54. The molecule has 1 aromatic rings. The Labute approximate surface area is 141 Å². The molecular formula is C13H20Cl2N2O4S. The summed E-state index contributed by atoms with van der Waals surface area (Å²) in [5, 5.41) is 2.84. The molecule has 0 aromatic heterocycles. The lowest BCUT2D eigenvalue weighted by molar-refractivity contribution is 0.0940. The minimum absolute atomic E-state index is 0. The SMILES string of the molecule is CCS(=O)(=O)CC(C)NC(=O)c1cc(Cl)c(N)cc1OC.Cl. The fraction of sp³-hybridized carbons (Fsp3) is 0.462. The second kappa shape index (κ2) is 8.45. The Morgan fingerprint density at radius 3 is 2.55 bits per heavy atom. The van der Waals surface area contributed by atoms with Crippen LogP contribution >= 0.6 is 24.0 Å². The van der Waals surface area contributed by atoms with Gasteiger partial charge in [-0.25, -0.2) is 8.42 Å². The van der Waals surface area contributed by atoms with Gasteiger partial charge in [0.2, 0.25) is 0 Å². The van der Waals surface area contributed by atoms with Crippen molar-refractivity contribution >= 4 is 45.4 Å². The topological polar surface area (TPSA) is 98.5 Å². The van der Waals surface area contributed by atoms with Gasteiger partial charge in [0.1, 0.15) is 5.75 Å². The molecule has 22 heavy (non-hydrogen) atoms. The van der Waals surface area contributed by atoms with Crippen molar-refractivity contribution in [3.8, 4) is 5.75 Å². The first-order chi connectivity index (χ1) is 9.70. The minimum Gasteiger partial charge on any atom is -0.496 e. The Morgan fingerprint density at radius 1 is 1.45 bits per heavy atom. The number of nitrogens with two attached hydrogens (primary N) is 1. The van der Waals surface area contributed by atoms with Crippen LogP contribution in [0, 0.1) is 0 Å². The number of rotatable bonds is 6. The first-order valence-electron chi connectivity index (χ1n) is 6.34. The van der Waals surface area contributed by atoms with Crippen LogP contribution < -0.4 is 15.8 Å². The molecule has 0 heterocycles. The number of amides is 1. The summed E-state index contributed by atoms with van der Waals surface area (Å²) in [6.45, 7) is 3.18. The number of benzene rings is 1. The van der Waals surface area contributed by atoms with E-state index in [0.717, 1.165) is 0 Å². The average molecular weight is 371 g/mol. The Hall–Kier alpha value is -1.18. The number of methoxy groups -OCH3 is 1. The van der Waals surface area contributed by atoms with Gasteiger partial charge in [-0.05, 0) is 13.0 Å². The van der Waals surface area contributed by atoms with Crippen LogP contribution in [0.4, 0.5) is 5.69 Å². The average Bonchev–Trinajstić information content (AvgIpc) is 2.40. The third-order valence-electron chi connectivity index (χ3n) is 2.88. The summed E-state index contributed by atoms with van der Waals surface area (Å²) in [5.74, 6) is -0.280. The molecule has 0 aliphatic carbocycles. The van der Waals surface area contributed by atoms with Gasteiger partial charge in [-0.1, -0.05) is 18.5 Å². The smallest absolute Gasteiger partial charge is 0.255 e. The molecule has 0 spiro atoms. The van der Waals surface area contributed by atoms with Crippen LogP contribution in [0.3, 0.4) is 0 Å². The Balaban J connectivity index is 0.00000441. The van der Waals surface area contributed by atoms with Gasteiger partial charge in [0.05, 0.1) is 29.1 Å². The molecule has 0 fully saturated rings. The number of halogens is 2. The molecule has 126 valence electrons. The second-order valence-corrected chi connectivity index (χ2v) is 7.45. The van der Waals surface area contributed by atoms with Crippen LogP contribution in [0.5, 0.6) is 5.75 Å². The summed E-state index contributed by atoms with van der Waals surface area (Å²) in [5.41, 5.74) is 6.15. The highest BCUT2D eigenvalue weighted by Crippen LogP contribution is 2.28. The van der Waals surface area contributed by atoms with E-state index in [4.69, 9.17) is 22.1 Å². The Morgan fingerprint density at radius 2 is 2.05 bits per heavy atom. The van der Waals surface area contributed by atoms with Crippen molar-refractivity contribution in [2.75, 3.05) is 24.3 Å². The van der Waals surface area contributed by atoms with Crippen molar-refractivity contribution in [3.05, 3.63) is 22.7 Å². The summed E-state index contributed by atoms with van der Waals surface area (Å²) in [4.78, 5) is 12.2. The number of hydrogen-bond donors (Lipinski definition) is 2. The molecule has 1 atom stereocenters. The summed E-state index contributed by atoms with van der Waals surface area (Å²) >= 11 is 5.90. The molecule has 9 heteroatoms. The van der Waals surface area contributed by atoms with Gasteiger partial charge in [0.25, 0.3) is 5.91 Å². The summed E-state index contributed by atoms with van der Waals surface area (Å²) in [6.07, 6.45) is 0. The first kappa shape index (κ1) is 20.8. The number of hydrogen-bond acceptors (Lipinski definition) is 5. The standard InChI is InChI=1S/C13H19ClN2O4S.ClH/c1-4-21(18,19)7-8(2)16-13(17)9-5-10(14)11(15)6-12(9)20-3;/h5-6,8H,4,7,15H2,1-3H3,(H,16,17);1H. The number of carbonyl (C=O) groups excluding carboxylic acids is 1. The summed E-state index contributed by atoms with van der Waals surface area (Å²) < 4.78 is 28.2. The van der Waals surface area contributed by atoms with Crippen molar-refractivity contribution in [3.63, 3.8) is 0 Å². The van der Waals surface area contributed by atoms with Crippen molar-refractivity contribution in [2.45, 2.75) is 19.9 Å². The zero-order valence-corrected chi connectivity index (χ0v) is 14.9. The number of nitrogens with one attached hydrogen (secondary N) is 1. The molecule has 6 nitrogen and oxygen atoms in total. The molecule has 0 aliphatic rings.